The lowest BCUT2D eigenvalue weighted by atomic mass is 10.2. The Balaban J connectivity index is 1.57. The van der Waals surface area contributed by atoms with E-state index in [0.717, 1.165) is 17.7 Å². The van der Waals surface area contributed by atoms with Crippen molar-refractivity contribution >= 4 is 51.9 Å². The van der Waals surface area contributed by atoms with E-state index >= 15 is 0 Å². The van der Waals surface area contributed by atoms with Crippen LogP contribution in [-0.2, 0) is 4.79 Å². The van der Waals surface area contributed by atoms with Gasteiger partial charge in [0.2, 0.25) is 0 Å². The third kappa shape index (κ3) is 5.90. The quantitative estimate of drug-likeness (QED) is 0.281. The highest BCUT2D eigenvalue weighted by Crippen LogP contribution is 2.34. The van der Waals surface area contributed by atoms with Crippen molar-refractivity contribution < 1.29 is 19.0 Å². The minimum atomic E-state index is -0.0935. The van der Waals surface area contributed by atoms with Crippen LogP contribution in [0.2, 0.25) is 5.02 Å². The number of nitrogens with zero attached hydrogens (tertiary/aromatic N) is 1. The molecule has 0 unspecified atom stereocenters. The molecule has 0 saturated carbocycles. The summed E-state index contributed by atoms with van der Waals surface area (Å²) in [6.07, 6.45) is 2.53. The van der Waals surface area contributed by atoms with Crippen molar-refractivity contribution in [1.29, 1.82) is 0 Å². The molecular formula is C22H22ClNO4S2. The maximum atomic E-state index is 12.2. The zero-order chi connectivity index (χ0) is 21.5. The van der Waals surface area contributed by atoms with Gasteiger partial charge in [-0.1, -0.05) is 41.6 Å². The number of thiocarbonyl (C=S) groups is 1. The van der Waals surface area contributed by atoms with Gasteiger partial charge >= 0.3 is 0 Å². The summed E-state index contributed by atoms with van der Waals surface area (Å²) in [5.74, 6) is 1.97. The second-order valence-corrected chi connectivity index (χ2v) is 8.50. The fourth-order valence-corrected chi connectivity index (χ4v) is 3.97. The summed E-state index contributed by atoms with van der Waals surface area (Å²) in [7, 11) is 1.68. The highest BCUT2D eigenvalue weighted by atomic mass is 35.5. The number of likely N-dealkylation sites (N-methyl/N-ethyl adjacent to an activating group) is 1. The number of amides is 1. The van der Waals surface area contributed by atoms with Crippen molar-refractivity contribution in [2.75, 3.05) is 26.9 Å². The van der Waals surface area contributed by atoms with Crippen molar-refractivity contribution in [2.45, 2.75) is 13.3 Å². The summed E-state index contributed by atoms with van der Waals surface area (Å²) >= 11 is 12.3. The number of halogens is 1. The van der Waals surface area contributed by atoms with Crippen molar-refractivity contribution in [2.24, 2.45) is 0 Å². The number of carbonyl (C=O) groups excluding carboxylic acids is 1. The number of hydrogen-bond acceptors (Lipinski definition) is 6. The number of hydrogen-bond donors (Lipinski definition) is 0. The molecule has 1 heterocycles. The van der Waals surface area contributed by atoms with Gasteiger partial charge in [0.05, 0.1) is 24.7 Å². The molecule has 0 spiro atoms. The van der Waals surface area contributed by atoms with E-state index in [1.165, 1.54) is 16.7 Å². The molecule has 8 heteroatoms. The molecule has 1 aliphatic rings. The van der Waals surface area contributed by atoms with Crippen LogP contribution in [0, 0.1) is 0 Å². The first-order valence-electron chi connectivity index (χ1n) is 9.47. The van der Waals surface area contributed by atoms with E-state index in [0.29, 0.717) is 45.6 Å². The Hall–Kier alpha value is -2.22. The molecule has 0 atom stereocenters. The standard InChI is InChI=1S/C22H22ClNO4S2/c1-3-26-19-13-15(14-20-21(25)24(2)22(29)30-20)5-10-18(19)28-12-4-11-27-17-8-6-16(23)7-9-17/h5-10,13-14H,3-4,11-12H2,1-2H3/b20-14+. The van der Waals surface area contributed by atoms with E-state index < -0.39 is 0 Å². The molecule has 1 amide bonds. The van der Waals surface area contributed by atoms with Gasteiger partial charge in [-0.05, 0) is 55.0 Å². The predicted molar refractivity (Wildman–Crippen MR) is 126 cm³/mol. The molecule has 0 aliphatic carbocycles. The highest BCUT2D eigenvalue weighted by molar-refractivity contribution is 8.26. The number of ether oxygens (including phenoxy) is 3. The van der Waals surface area contributed by atoms with Crippen LogP contribution in [0.4, 0.5) is 0 Å². The maximum absolute atomic E-state index is 12.2. The minimum absolute atomic E-state index is 0.0935. The predicted octanol–water partition coefficient (Wildman–Crippen LogP) is 5.42. The summed E-state index contributed by atoms with van der Waals surface area (Å²) < 4.78 is 17.8. The molecule has 158 valence electrons. The van der Waals surface area contributed by atoms with Gasteiger partial charge in [-0.25, -0.2) is 0 Å². The second kappa shape index (κ2) is 10.7. The maximum Gasteiger partial charge on any atom is 0.265 e. The van der Waals surface area contributed by atoms with Crippen molar-refractivity contribution in [3.05, 3.63) is 58.0 Å². The topological polar surface area (TPSA) is 48.0 Å². The van der Waals surface area contributed by atoms with Gasteiger partial charge in [-0.2, -0.15) is 0 Å². The Morgan fingerprint density at radius 2 is 1.80 bits per heavy atom. The molecule has 1 fully saturated rings. The molecule has 30 heavy (non-hydrogen) atoms. The molecule has 0 radical (unpaired) electrons. The van der Waals surface area contributed by atoms with Gasteiger partial charge in [0.15, 0.2) is 11.5 Å². The van der Waals surface area contributed by atoms with Crippen molar-refractivity contribution in [3.63, 3.8) is 0 Å². The first-order valence-corrected chi connectivity index (χ1v) is 11.1. The Bertz CT molecular complexity index is 947. The molecule has 1 aliphatic heterocycles. The van der Waals surface area contributed by atoms with Crippen LogP contribution in [0.3, 0.4) is 0 Å². The Morgan fingerprint density at radius 1 is 1.07 bits per heavy atom. The van der Waals surface area contributed by atoms with Crippen LogP contribution in [0.5, 0.6) is 17.2 Å². The molecule has 0 N–H and O–H groups in total. The van der Waals surface area contributed by atoms with E-state index in [9.17, 15) is 4.79 Å². The zero-order valence-corrected chi connectivity index (χ0v) is 19.1. The summed E-state index contributed by atoms with van der Waals surface area (Å²) in [4.78, 5) is 14.3. The molecule has 2 aromatic rings. The van der Waals surface area contributed by atoms with Crippen LogP contribution in [0.15, 0.2) is 47.4 Å². The number of thioether (sulfide) groups is 1. The number of carbonyl (C=O) groups is 1. The van der Waals surface area contributed by atoms with Crippen LogP contribution < -0.4 is 14.2 Å². The van der Waals surface area contributed by atoms with Crippen molar-refractivity contribution in [3.8, 4) is 17.2 Å². The third-order valence-electron chi connectivity index (χ3n) is 4.18. The number of benzene rings is 2. The van der Waals surface area contributed by atoms with E-state index in [2.05, 4.69) is 0 Å². The number of rotatable bonds is 9. The smallest absolute Gasteiger partial charge is 0.265 e. The largest absolute Gasteiger partial charge is 0.493 e. The van der Waals surface area contributed by atoms with E-state index in [1.807, 2.05) is 43.3 Å². The highest BCUT2D eigenvalue weighted by Gasteiger charge is 2.28. The fourth-order valence-electron chi connectivity index (χ4n) is 2.66. The van der Waals surface area contributed by atoms with E-state index in [-0.39, 0.29) is 5.91 Å². The molecule has 3 rings (SSSR count). The summed E-state index contributed by atoms with van der Waals surface area (Å²) in [5.41, 5.74) is 0.853. The Labute approximate surface area is 190 Å². The molecule has 2 aromatic carbocycles. The molecule has 5 nitrogen and oxygen atoms in total. The molecular weight excluding hydrogens is 442 g/mol. The zero-order valence-electron chi connectivity index (χ0n) is 16.7. The molecule has 0 bridgehead atoms. The Morgan fingerprint density at radius 3 is 2.47 bits per heavy atom. The van der Waals surface area contributed by atoms with Gasteiger partial charge in [0.1, 0.15) is 10.1 Å². The average molecular weight is 464 g/mol. The first-order chi connectivity index (χ1) is 14.5. The van der Waals surface area contributed by atoms with Crippen LogP contribution >= 0.6 is 35.6 Å². The lowest BCUT2D eigenvalue weighted by Gasteiger charge is -2.13. The van der Waals surface area contributed by atoms with E-state index in [4.69, 9.17) is 38.0 Å². The van der Waals surface area contributed by atoms with Crippen LogP contribution in [0.25, 0.3) is 6.08 Å². The van der Waals surface area contributed by atoms with Crippen molar-refractivity contribution in [1.82, 2.24) is 4.90 Å². The minimum Gasteiger partial charge on any atom is -0.493 e. The van der Waals surface area contributed by atoms with Gasteiger partial charge in [-0.3, -0.25) is 9.69 Å². The second-order valence-electron chi connectivity index (χ2n) is 6.38. The van der Waals surface area contributed by atoms with Gasteiger partial charge in [0, 0.05) is 18.5 Å². The molecule has 1 saturated heterocycles. The first kappa shape index (κ1) is 22.5. The van der Waals surface area contributed by atoms with Crippen LogP contribution in [-0.4, -0.2) is 42.0 Å². The van der Waals surface area contributed by atoms with Gasteiger partial charge in [-0.15, -0.1) is 0 Å². The normalized spacial score (nSPS) is 15.0. The van der Waals surface area contributed by atoms with E-state index in [1.54, 1.807) is 19.2 Å². The van der Waals surface area contributed by atoms with Gasteiger partial charge in [0.25, 0.3) is 5.91 Å². The lowest BCUT2D eigenvalue weighted by molar-refractivity contribution is -0.121. The Kier molecular flexibility index (Phi) is 8.01. The van der Waals surface area contributed by atoms with Crippen LogP contribution in [0.1, 0.15) is 18.9 Å². The fraction of sp³-hybridized carbons (Fsp3) is 0.273. The third-order valence-corrected chi connectivity index (χ3v) is 5.92. The summed E-state index contributed by atoms with van der Waals surface area (Å²) in [6.45, 7) is 3.44. The monoisotopic (exact) mass is 463 g/mol. The summed E-state index contributed by atoms with van der Waals surface area (Å²) in [5, 5.41) is 0.679. The summed E-state index contributed by atoms with van der Waals surface area (Å²) in [6, 6.07) is 12.9. The molecule has 0 aromatic heterocycles. The SMILES string of the molecule is CCOc1cc(/C=C2/SC(=S)N(C)C2=O)ccc1OCCCOc1ccc(Cl)cc1. The average Bonchev–Trinajstić information content (AvgIpc) is 2.97. The lowest BCUT2D eigenvalue weighted by Crippen LogP contribution is -2.22. The van der Waals surface area contributed by atoms with Gasteiger partial charge < -0.3 is 14.2 Å².